The Kier molecular flexibility index (Phi) is 5.77. The van der Waals surface area contributed by atoms with Gasteiger partial charge in [0.05, 0.1) is 20.8 Å². The third-order valence-corrected chi connectivity index (χ3v) is 3.40. The number of hydrogen-bond acceptors (Lipinski definition) is 6. The molecule has 0 spiro atoms. The molecule has 1 aromatic heterocycles. The van der Waals surface area contributed by atoms with E-state index in [-0.39, 0.29) is 0 Å². The molecule has 120 valence electrons. The summed E-state index contributed by atoms with van der Waals surface area (Å²) in [5.74, 6) is 2.41. The van der Waals surface area contributed by atoms with E-state index < -0.39 is 0 Å². The third kappa shape index (κ3) is 3.98. The molecule has 0 bridgehead atoms. The molecule has 0 aliphatic heterocycles. The number of hydrogen-bond donors (Lipinski definition) is 0. The Labute approximate surface area is 131 Å². The van der Waals surface area contributed by atoms with Gasteiger partial charge in [0.1, 0.15) is 0 Å². The molecule has 2 rings (SSSR count). The highest BCUT2D eigenvalue weighted by Crippen LogP contribution is 2.31. The van der Waals surface area contributed by atoms with E-state index in [1.54, 1.807) is 14.2 Å². The normalized spacial score (nSPS) is 11.0. The zero-order valence-electron chi connectivity index (χ0n) is 13.6. The Hall–Kier alpha value is -2.08. The summed E-state index contributed by atoms with van der Waals surface area (Å²) in [5.41, 5.74) is 0.813. The van der Waals surface area contributed by atoms with E-state index in [9.17, 15) is 0 Å². The highest BCUT2D eigenvalue weighted by Gasteiger charge is 2.13. The van der Waals surface area contributed by atoms with Crippen LogP contribution in [0.15, 0.2) is 22.6 Å². The third-order valence-electron chi connectivity index (χ3n) is 3.40. The standard InChI is InChI=1S/C16H23N3O3/c1-5-6-9-19(2)11-15-17-18-16(22-15)12-7-8-13(20-3)14(10-12)21-4/h7-8,10H,5-6,9,11H2,1-4H3. The molecule has 1 heterocycles. The van der Waals surface area contributed by atoms with Crippen LogP contribution in [0.3, 0.4) is 0 Å². The van der Waals surface area contributed by atoms with Crippen LogP contribution in [-0.2, 0) is 6.54 Å². The Morgan fingerprint density at radius 3 is 2.59 bits per heavy atom. The van der Waals surface area contributed by atoms with Crippen molar-refractivity contribution in [1.82, 2.24) is 15.1 Å². The van der Waals surface area contributed by atoms with Gasteiger partial charge in [0, 0.05) is 5.56 Å². The second kappa shape index (κ2) is 7.79. The minimum absolute atomic E-state index is 0.486. The fourth-order valence-electron chi connectivity index (χ4n) is 2.14. The van der Waals surface area contributed by atoms with Crippen LogP contribution in [0.2, 0.25) is 0 Å². The summed E-state index contributed by atoms with van der Waals surface area (Å²) < 4.78 is 16.2. The number of benzene rings is 1. The van der Waals surface area contributed by atoms with Crippen molar-refractivity contribution in [2.24, 2.45) is 0 Å². The lowest BCUT2D eigenvalue weighted by atomic mass is 10.2. The first kappa shape index (κ1) is 16.3. The summed E-state index contributed by atoms with van der Waals surface area (Å²) in [6, 6.07) is 5.53. The first-order chi connectivity index (χ1) is 10.7. The van der Waals surface area contributed by atoms with Crippen LogP contribution in [0.5, 0.6) is 11.5 Å². The number of ether oxygens (including phenoxy) is 2. The number of methoxy groups -OCH3 is 2. The second-order valence-electron chi connectivity index (χ2n) is 5.16. The summed E-state index contributed by atoms with van der Waals surface area (Å²) >= 11 is 0. The summed E-state index contributed by atoms with van der Waals surface area (Å²) in [5, 5.41) is 8.22. The van der Waals surface area contributed by atoms with Crippen molar-refractivity contribution in [3.8, 4) is 23.0 Å². The molecular weight excluding hydrogens is 282 g/mol. The summed E-state index contributed by atoms with van der Waals surface area (Å²) in [6.07, 6.45) is 2.33. The van der Waals surface area contributed by atoms with E-state index >= 15 is 0 Å². The van der Waals surface area contributed by atoms with Crippen molar-refractivity contribution in [3.63, 3.8) is 0 Å². The number of nitrogens with zero attached hydrogens (tertiary/aromatic N) is 3. The Morgan fingerprint density at radius 1 is 1.14 bits per heavy atom. The van der Waals surface area contributed by atoms with E-state index in [0.717, 1.165) is 18.5 Å². The molecule has 0 unspecified atom stereocenters. The molecule has 0 amide bonds. The van der Waals surface area contributed by atoms with Crippen LogP contribution in [0, 0.1) is 0 Å². The number of aromatic nitrogens is 2. The molecule has 1 aromatic carbocycles. The molecule has 6 nitrogen and oxygen atoms in total. The zero-order valence-corrected chi connectivity index (χ0v) is 13.6. The second-order valence-corrected chi connectivity index (χ2v) is 5.16. The fourth-order valence-corrected chi connectivity index (χ4v) is 2.14. The molecule has 0 atom stereocenters. The Morgan fingerprint density at radius 2 is 1.91 bits per heavy atom. The van der Waals surface area contributed by atoms with E-state index in [4.69, 9.17) is 13.9 Å². The van der Waals surface area contributed by atoms with Gasteiger partial charge in [0.25, 0.3) is 0 Å². The Balaban J connectivity index is 2.11. The molecule has 0 saturated carbocycles. The van der Waals surface area contributed by atoms with Crippen LogP contribution in [0.4, 0.5) is 0 Å². The first-order valence-electron chi connectivity index (χ1n) is 7.41. The molecule has 2 aromatic rings. The van der Waals surface area contributed by atoms with Crippen molar-refractivity contribution in [1.29, 1.82) is 0 Å². The van der Waals surface area contributed by atoms with Gasteiger partial charge in [-0.15, -0.1) is 10.2 Å². The molecule has 0 aliphatic carbocycles. The fraction of sp³-hybridized carbons (Fsp3) is 0.500. The van der Waals surface area contributed by atoms with Crippen molar-refractivity contribution >= 4 is 0 Å². The monoisotopic (exact) mass is 305 g/mol. The van der Waals surface area contributed by atoms with Crippen LogP contribution in [-0.4, -0.2) is 42.9 Å². The molecule has 22 heavy (non-hydrogen) atoms. The lowest BCUT2D eigenvalue weighted by Gasteiger charge is -2.12. The maximum Gasteiger partial charge on any atom is 0.247 e. The number of rotatable bonds is 8. The lowest BCUT2D eigenvalue weighted by Crippen LogP contribution is -2.19. The summed E-state index contributed by atoms with van der Waals surface area (Å²) in [4.78, 5) is 2.18. The molecule has 0 N–H and O–H groups in total. The predicted octanol–water partition coefficient (Wildman–Crippen LogP) is 2.99. The smallest absolute Gasteiger partial charge is 0.247 e. The van der Waals surface area contributed by atoms with Crippen molar-refractivity contribution < 1.29 is 13.9 Å². The summed E-state index contributed by atoms with van der Waals surface area (Å²) in [7, 11) is 5.26. The molecular formula is C16H23N3O3. The van der Waals surface area contributed by atoms with Gasteiger partial charge in [0.2, 0.25) is 11.8 Å². The van der Waals surface area contributed by atoms with Crippen LogP contribution >= 0.6 is 0 Å². The first-order valence-corrected chi connectivity index (χ1v) is 7.41. The quantitative estimate of drug-likeness (QED) is 0.747. The van der Waals surface area contributed by atoms with Gasteiger partial charge in [-0.05, 0) is 38.2 Å². The molecule has 0 fully saturated rings. The largest absolute Gasteiger partial charge is 0.493 e. The van der Waals surface area contributed by atoms with Gasteiger partial charge < -0.3 is 13.9 Å². The average Bonchev–Trinajstić information content (AvgIpc) is 3.00. The van der Waals surface area contributed by atoms with Crippen molar-refractivity contribution in [3.05, 3.63) is 24.1 Å². The lowest BCUT2D eigenvalue weighted by molar-refractivity contribution is 0.286. The van der Waals surface area contributed by atoms with Crippen LogP contribution < -0.4 is 9.47 Å². The predicted molar refractivity (Wildman–Crippen MR) is 84.1 cm³/mol. The highest BCUT2D eigenvalue weighted by atomic mass is 16.5. The van der Waals surface area contributed by atoms with Crippen molar-refractivity contribution in [2.75, 3.05) is 27.8 Å². The minimum atomic E-state index is 0.486. The van der Waals surface area contributed by atoms with Gasteiger partial charge in [0.15, 0.2) is 11.5 Å². The molecule has 6 heteroatoms. The highest BCUT2D eigenvalue weighted by molar-refractivity contribution is 5.59. The molecule has 0 saturated heterocycles. The van der Waals surface area contributed by atoms with E-state index in [0.29, 0.717) is 29.8 Å². The van der Waals surface area contributed by atoms with E-state index in [1.165, 1.54) is 6.42 Å². The minimum Gasteiger partial charge on any atom is -0.493 e. The van der Waals surface area contributed by atoms with Crippen LogP contribution in [0.1, 0.15) is 25.7 Å². The maximum atomic E-state index is 5.73. The van der Waals surface area contributed by atoms with Gasteiger partial charge in [-0.3, -0.25) is 4.90 Å². The topological polar surface area (TPSA) is 60.6 Å². The molecule has 0 radical (unpaired) electrons. The van der Waals surface area contributed by atoms with Crippen molar-refractivity contribution in [2.45, 2.75) is 26.3 Å². The van der Waals surface area contributed by atoms with Gasteiger partial charge in [-0.25, -0.2) is 0 Å². The van der Waals surface area contributed by atoms with Gasteiger partial charge in [-0.1, -0.05) is 13.3 Å². The van der Waals surface area contributed by atoms with Gasteiger partial charge in [-0.2, -0.15) is 0 Å². The maximum absolute atomic E-state index is 5.73. The Bertz CT molecular complexity index is 598. The zero-order chi connectivity index (χ0) is 15.9. The number of unbranched alkanes of at least 4 members (excludes halogenated alkanes) is 1. The summed E-state index contributed by atoms with van der Waals surface area (Å²) in [6.45, 7) is 3.85. The van der Waals surface area contributed by atoms with E-state index in [1.807, 2.05) is 18.2 Å². The van der Waals surface area contributed by atoms with Crippen LogP contribution in [0.25, 0.3) is 11.5 Å². The molecule has 0 aliphatic rings. The SMILES string of the molecule is CCCCN(C)Cc1nnc(-c2ccc(OC)c(OC)c2)o1. The average molecular weight is 305 g/mol. The van der Waals surface area contributed by atoms with E-state index in [2.05, 4.69) is 29.1 Å². The van der Waals surface area contributed by atoms with Gasteiger partial charge >= 0.3 is 0 Å².